The van der Waals surface area contributed by atoms with Crippen molar-refractivity contribution < 1.29 is 19.1 Å². The van der Waals surface area contributed by atoms with Crippen LogP contribution in [0, 0.1) is 0 Å². The lowest BCUT2D eigenvalue weighted by molar-refractivity contribution is -0.142. The van der Waals surface area contributed by atoms with E-state index < -0.39 is 5.97 Å². The highest BCUT2D eigenvalue weighted by Crippen LogP contribution is 2.12. The Bertz CT molecular complexity index is 431. The summed E-state index contributed by atoms with van der Waals surface area (Å²) >= 11 is 0. The highest BCUT2D eigenvalue weighted by molar-refractivity contribution is 6.04. The van der Waals surface area contributed by atoms with Crippen molar-refractivity contribution in [3.05, 3.63) is 24.0 Å². The van der Waals surface area contributed by atoms with E-state index in [2.05, 4.69) is 4.98 Å². The summed E-state index contributed by atoms with van der Waals surface area (Å²) in [5.74, 6) is -0.293. The lowest BCUT2D eigenvalue weighted by Gasteiger charge is -2.06. The van der Waals surface area contributed by atoms with Gasteiger partial charge in [-0.1, -0.05) is 13.8 Å². The lowest BCUT2D eigenvalue weighted by Crippen LogP contribution is -2.13. The van der Waals surface area contributed by atoms with Crippen molar-refractivity contribution >= 4 is 11.8 Å². The summed E-state index contributed by atoms with van der Waals surface area (Å²) in [6.45, 7) is 4.80. The molecule has 104 valence electrons. The molecule has 0 radical (unpaired) electrons. The number of esters is 1. The molecular weight excluding hydrogens is 246 g/mol. The number of hydrogen-bond acceptors (Lipinski definition) is 5. The number of hydrogen-bond donors (Lipinski definition) is 0. The van der Waals surface area contributed by atoms with Gasteiger partial charge in [-0.05, 0) is 18.9 Å². The van der Waals surface area contributed by atoms with Gasteiger partial charge in [0.05, 0.1) is 13.2 Å². The Morgan fingerprint density at radius 2 is 1.95 bits per heavy atom. The molecule has 0 amide bonds. The number of carbonyl (C=O) groups excluding carboxylic acids is 2. The van der Waals surface area contributed by atoms with Crippen LogP contribution in [0.3, 0.4) is 0 Å². The zero-order chi connectivity index (χ0) is 14.1. The van der Waals surface area contributed by atoms with E-state index in [1.165, 1.54) is 6.20 Å². The van der Waals surface area contributed by atoms with E-state index in [-0.39, 0.29) is 17.9 Å². The maximum Gasteiger partial charge on any atom is 0.313 e. The molecule has 0 spiro atoms. The summed E-state index contributed by atoms with van der Waals surface area (Å²) in [4.78, 5) is 27.1. The molecule has 1 aromatic heterocycles. The normalized spacial score (nSPS) is 10.0. The highest BCUT2D eigenvalue weighted by Gasteiger charge is 2.14. The quantitative estimate of drug-likeness (QED) is 0.410. The third-order valence-corrected chi connectivity index (χ3v) is 2.26. The molecule has 1 aromatic rings. The van der Waals surface area contributed by atoms with Gasteiger partial charge in [0.2, 0.25) is 0 Å². The molecule has 0 fully saturated rings. The molecule has 0 saturated carbocycles. The van der Waals surface area contributed by atoms with Crippen LogP contribution in [0.15, 0.2) is 18.3 Å². The Labute approximate surface area is 112 Å². The van der Waals surface area contributed by atoms with Crippen molar-refractivity contribution in [3.63, 3.8) is 0 Å². The number of Topliss-reactive ketones (excluding diaryl/α,β-unsaturated/α-hetero) is 1. The number of carbonyl (C=O) groups is 2. The molecular formula is C14H19NO4. The van der Waals surface area contributed by atoms with Gasteiger partial charge in [-0.3, -0.25) is 14.6 Å². The minimum absolute atomic E-state index is 0.224. The van der Waals surface area contributed by atoms with Gasteiger partial charge in [-0.25, -0.2) is 0 Å². The first-order valence-corrected chi connectivity index (χ1v) is 6.45. The molecule has 5 nitrogen and oxygen atoms in total. The molecule has 0 aliphatic heterocycles. The number of pyridine rings is 1. The fourth-order valence-electron chi connectivity index (χ4n) is 1.36. The van der Waals surface area contributed by atoms with Gasteiger partial charge >= 0.3 is 5.97 Å². The third kappa shape index (κ3) is 5.50. The summed E-state index contributed by atoms with van der Waals surface area (Å²) in [6.07, 6.45) is 2.83. The van der Waals surface area contributed by atoms with Gasteiger partial charge in [0.1, 0.15) is 17.9 Å². The molecule has 0 aromatic carbocycles. The number of rotatable bonds is 8. The van der Waals surface area contributed by atoms with Crippen LogP contribution in [0.1, 0.15) is 43.6 Å². The Hall–Kier alpha value is -1.91. The van der Waals surface area contributed by atoms with Gasteiger partial charge in [0.25, 0.3) is 0 Å². The minimum atomic E-state index is -0.520. The van der Waals surface area contributed by atoms with Gasteiger partial charge in [0.15, 0.2) is 5.78 Å². The number of aromatic nitrogens is 1. The van der Waals surface area contributed by atoms with Crippen LogP contribution in [-0.2, 0) is 9.53 Å². The van der Waals surface area contributed by atoms with Crippen LogP contribution in [0.4, 0.5) is 0 Å². The molecule has 0 unspecified atom stereocenters. The van der Waals surface area contributed by atoms with Crippen LogP contribution >= 0.6 is 0 Å². The first-order valence-electron chi connectivity index (χ1n) is 6.45. The van der Waals surface area contributed by atoms with E-state index in [1.807, 2.05) is 13.8 Å². The zero-order valence-electron chi connectivity index (χ0n) is 11.3. The van der Waals surface area contributed by atoms with Crippen LogP contribution < -0.4 is 4.74 Å². The van der Waals surface area contributed by atoms with E-state index in [9.17, 15) is 9.59 Å². The SMILES string of the molecule is CCCOC(=O)CC(=O)c1cc(OCCC)ccn1. The van der Waals surface area contributed by atoms with Crippen LogP contribution in [0.25, 0.3) is 0 Å². The van der Waals surface area contributed by atoms with Crippen molar-refractivity contribution in [2.75, 3.05) is 13.2 Å². The first kappa shape index (κ1) is 15.1. The molecule has 0 saturated heterocycles. The first-order chi connectivity index (χ1) is 9.17. The Morgan fingerprint density at radius 3 is 2.63 bits per heavy atom. The largest absolute Gasteiger partial charge is 0.493 e. The summed E-state index contributed by atoms with van der Waals surface area (Å²) in [6, 6.07) is 3.23. The Morgan fingerprint density at radius 1 is 1.21 bits per heavy atom. The molecule has 0 aliphatic carbocycles. The molecule has 19 heavy (non-hydrogen) atoms. The molecule has 5 heteroatoms. The topological polar surface area (TPSA) is 65.5 Å². The molecule has 1 rings (SSSR count). The zero-order valence-corrected chi connectivity index (χ0v) is 11.3. The summed E-state index contributed by atoms with van der Waals surface area (Å²) in [5.41, 5.74) is 0.224. The Balaban J connectivity index is 2.58. The predicted molar refractivity (Wildman–Crippen MR) is 70.2 cm³/mol. The molecule has 0 bridgehead atoms. The Kier molecular flexibility index (Phi) is 6.57. The maximum atomic E-state index is 11.8. The average Bonchev–Trinajstić information content (AvgIpc) is 2.43. The van der Waals surface area contributed by atoms with E-state index in [1.54, 1.807) is 12.1 Å². The third-order valence-electron chi connectivity index (χ3n) is 2.26. The smallest absolute Gasteiger partial charge is 0.313 e. The fraction of sp³-hybridized carbons (Fsp3) is 0.500. The maximum absolute atomic E-state index is 11.8. The summed E-state index contributed by atoms with van der Waals surface area (Å²) in [7, 11) is 0. The van der Waals surface area contributed by atoms with E-state index in [0.29, 0.717) is 19.0 Å². The van der Waals surface area contributed by atoms with E-state index in [0.717, 1.165) is 12.8 Å². The second-order valence-electron chi connectivity index (χ2n) is 4.05. The van der Waals surface area contributed by atoms with Gasteiger partial charge < -0.3 is 9.47 Å². The number of ketones is 1. The standard InChI is InChI=1S/C14H19NO4/c1-3-7-18-11-5-6-15-12(9-11)13(16)10-14(17)19-8-4-2/h5-6,9H,3-4,7-8,10H2,1-2H3. The van der Waals surface area contributed by atoms with Gasteiger partial charge in [-0.15, -0.1) is 0 Å². The van der Waals surface area contributed by atoms with E-state index in [4.69, 9.17) is 9.47 Å². The average molecular weight is 265 g/mol. The van der Waals surface area contributed by atoms with E-state index >= 15 is 0 Å². The minimum Gasteiger partial charge on any atom is -0.493 e. The highest BCUT2D eigenvalue weighted by atomic mass is 16.5. The number of nitrogens with zero attached hydrogens (tertiary/aromatic N) is 1. The van der Waals surface area contributed by atoms with Crippen LogP contribution in [-0.4, -0.2) is 30.0 Å². The van der Waals surface area contributed by atoms with Gasteiger partial charge in [-0.2, -0.15) is 0 Å². The predicted octanol–water partition coefficient (Wildman–Crippen LogP) is 2.40. The van der Waals surface area contributed by atoms with Crippen LogP contribution in [0.2, 0.25) is 0 Å². The second kappa shape index (κ2) is 8.24. The molecule has 0 aliphatic rings. The molecule has 0 atom stereocenters. The van der Waals surface area contributed by atoms with Crippen molar-refractivity contribution in [2.45, 2.75) is 33.1 Å². The lowest BCUT2D eigenvalue weighted by atomic mass is 10.2. The second-order valence-corrected chi connectivity index (χ2v) is 4.05. The van der Waals surface area contributed by atoms with Crippen molar-refractivity contribution in [3.8, 4) is 5.75 Å². The fourth-order valence-corrected chi connectivity index (χ4v) is 1.36. The van der Waals surface area contributed by atoms with Crippen molar-refractivity contribution in [2.24, 2.45) is 0 Å². The number of ether oxygens (including phenoxy) is 2. The van der Waals surface area contributed by atoms with Crippen molar-refractivity contribution in [1.29, 1.82) is 0 Å². The molecule has 1 heterocycles. The van der Waals surface area contributed by atoms with Crippen LogP contribution in [0.5, 0.6) is 5.75 Å². The molecule has 0 N–H and O–H groups in total. The van der Waals surface area contributed by atoms with Gasteiger partial charge in [0, 0.05) is 12.3 Å². The summed E-state index contributed by atoms with van der Waals surface area (Å²) in [5, 5.41) is 0. The monoisotopic (exact) mass is 265 g/mol. The van der Waals surface area contributed by atoms with Crippen molar-refractivity contribution in [1.82, 2.24) is 4.98 Å². The summed E-state index contributed by atoms with van der Waals surface area (Å²) < 4.78 is 10.3.